The molecule has 0 spiro atoms. The van der Waals surface area contributed by atoms with E-state index in [2.05, 4.69) is 0 Å². The molecule has 2 aliphatic rings. The first-order valence-electron chi connectivity index (χ1n) is 12.0. The summed E-state index contributed by atoms with van der Waals surface area (Å²) in [5, 5.41) is 9.13. The van der Waals surface area contributed by atoms with E-state index in [0.717, 1.165) is 5.56 Å². The highest BCUT2D eigenvalue weighted by molar-refractivity contribution is 6.20. The van der Waals surface area contributed by atoms with Gasteiger partial charge in [-0.2, -0.15) is 0 Å². The summed E-state index contributed by atoms with van der Waals surface area (Å²) < 4.78 is 38.6. The van der Waals surface area contributed by atoms with Gasteiger partial charge in [0.2, 0.25) is 12.5 Å². The van der Waals surface area contributed by atoms with E-state index < -0.39 is 24.6 Å². The van der Waals surface area contributed by atoms with Gasteiger partial charge in [0.1, 0.15) is 11.9 Å². The van der Waals surface area contributed by atoms with Crippen LogP contribution in [0.15, 0.2) is 60.2 Å². The lowest BCUT2D eigenvalue weighted by atomic mass is 9.90. The van der Waals surface area contributed by atoms with Gasteiger partial charge in [-0.15, -0.1) is 0 Å². The molecule has 10 nitrogen and oxygen atoms in total. The van der Waals surface area contributed by atoms with Crippen molar-refractivity contribution in [2.45, 2.75) is 12.5 Å². The zero-order chi connectivity index (χ0) is 27.5. The zero-order valence-corrected chi connectivity index (χ0v) is 21.5. The average Bonchev–Trinajstić information content (AvgIpc) is 3.54. The van der Waals surface area contributed by atoms with Crippen molar-refractivity contribution >= 4 is 17.5 Å². The molecule has 0 aliphatic carbocycles. The Morgan fingerprint density at radius 1 is 0.923 bits per heavy atom. The van der Waals surface area contributed by atoms with Crippen LogP contribution in [0.2, 0.25) is 0 Å². The number of carbonyl (C=O) groups excluding carboxylic acids is 1. The van der Waals surface area contributed by atoms with Crippen LogP contribution in [0.1, 0.15) is 22.8 Å². The third-order valence-corrected chi connectivity index (χ3v) is 6.40. The predicted octanol–water partition coefficient (Wildman–Crippen LogP) is 4.20. The van der Waals surface area contributed by atoms with Crippen molar-refractivity contribution in [3.8, 4) is 34.5 Å². The molecule has 1 N–H and O–H groups in total. The first kappa shape index (κ1) is 25.8. The molecule has 0 saturated heterocycles. The number of carboxylic acid groups (broad SMARTS) is 1. The second-order valence-corrected chi connectivity index (χ2v) is 8.72. The Morgan fingerprint density at radius 2 is 1.67 bits per heavy atom. The number of carboxylic acids is 1. The van der Waals surface area contributed by atoms with Crippen molar-refractivity contribution in [2.75, 3.05) is 34.7 Å². The van der Waals surface area contributed by atoms with Crippen LogP contribution in [0.25, 0.3) is 5.57 Å². The Balaban J connectivity index is 1.62. The number of rotatable bonds is 10. The van der Waals surface area contributed by atoms with E-state index in [1.807, 2.05) is 12.1 Å². The number of esters is 1. The van der Waals surface area contributed by atoms with Crippen molar-refractivity contribution in [2.24, 2.45) is 0 Å². The molecule has 39 heavy (non-hydrogen) atoms. The van der Waals surface area contributed by atoms with Crippen molar-refractivity contribution in [1.82, 2.24) is 0 Å². The van der Waals surface area contributed by atoms with Crippen LogP contribution in [0, 0.1) is 0 Å². The summed E-state index contributed by atoms with van der Waals surface area (Å²) in [5.74, 6) is 1.01. The smallest absolute Gasteiger partial charge is 0.341 e. The van der Waals surface area contributed by atoms with Gasteiger partial charge in [0, 0.05) is 0 Å². The predicted molar refractivity (Wildman–Crippen MR) is 138 cm³/mol. The molecule has 0 fully saturated rings. The standard InChI is InChI=1S/C29H26O10/c1-33-19-7-4-17(5-8-19)27-20(26(29(32)39-27)18-6-9-21-22(13-18)38-15-37-21)10-16-11-23(34-2)28(35-3)24(12-16)36-14-25(30)31/h4-9,11-13,27H,10,14-15H2,1-3H3,(H,30,31). The lowest BCUT2D eigenvalue weighted by molar-refractivity contribution is -0.139. The number of cyclic esters (lactones) is 1. The van der Waals surface area contributed by atoms with Gasteiger partial charge in [-0.3, -0.25) is 0 Å². The SMILES string of the molecule is COc1ccc(C2OC(=O)C(c3ccc4c(c3)OCO4)=C2Cc2cc(OC)c(OC)c(OCC(=O)O)c2)cc1. The second-order valence-electron chi connectivity index (χ2n) is 8.72. The van der Waals surface area contributed by atoms with Crippen molar-refractivity contribution < 1.29 is 47.9 Å². The molecule has 0 aromatic heterocycles. The van der Waals surface area contributed by atoms with Crippen LogP contribution >= 0.6 is 0 Å². The Labute approximate surface area is 224 Å². The molecule has 3 aromatic rings. The molecule has 0 saturated carbocycles. The maximum atomic E-state index is 13.3. The lowest BCUT2D eigenvalue weighted by Gasteiger charge is -2.18. The fourth-order valence-electron chi connectivity index (χ4n) is 4.64. The Morgan fingerprint density at radius 3 is 2.36 bits per heavy atom. The van der Waals surface area contributed by atoms with Crippen LogP contribution in [0.4, 0.5) is 0 Å². The van der Waals surface area contributed by atoms with Crippen LogP contribution in [0.5, 0.6) is 34.5 Å². The molecule has 0 bridgehead atoms. The fourth-order valence-corrected chi connectivity index (χ4v) is 4.64. The molecule has 202 valence electrons. The largest absolute Gasteiger partial charge is 0.497 e. The van der Waals surface area contributed by atoms with Crippen molar-refractivity contribution in [3.05, 3.63) is 76.9 Å². The van der Waals surface area contributed by atoms with Gasteiger partial charge in [0.05, 0.1) is 26.9 Å². The van der Waals surface area contributed by atoms with Crippen LogP contribution in [-0.4, -0.2) is 51.8 Å². The first-order valence-corrected chi connectivity index (χ1v) is 12.0. The summed E-state index contributed by atoms with van der Waals surface area (Å²) in [6, 6.07) is 16.0. The average molecular weight is 535 g/mol. The fraction of sp³-hybridized carbons (Fsp3) is 0.241. The summed E-state index contributed by atoms with van der Waals surface area (Å²) in [4.78, 5) is 24.5. The highest BCUT2D eigenvalue weighted by Gasteiger charge is 2.37. The van der Waals surface area contributed by atoms with E-state index >= 15 is 0 Å². The number of hydrogen-bond acceptors (Lipinski definition) is 9. The highest BCUT2D eigenvalue weighted by Crippen LogP contribution is 2.46. The molecule has 5 rings (SSSR count). The van der Waals surface area contributed by atoms with Crippen molar-refractivity contribution in [3.63, 3.8) is 0 Å². The van der Waals surface area contributed by atoms with E-state index in [9.17, 15) is 9.59 Å². The van der Waals surface area contributed by atoms with E-state index in [4.69, 9.17) is 38.3 Å². The number of methoxy groups -OCH3 is 3. The first-order chi connectivity index (χ1) is 18.9. The molecule has 0 radical (unpaired) electrons. The number of ether oxygens (including phenoxy) is 7. The molecule has 1 atom stereocenters. The topological polar surface area (TPSA) is 119 Å². The Kier molecular flexibility index (Phi) is 7.18. The van der Waals surface area contributed by atoms with Gasteiger partial charge in [-0.05, 0) is 65.1 Å². The molecule has 2 aliphatic heterocycles. The van der Waals surface area contributed by atoms with Gasteiger partial charge in [0.25, 0.3) is 0 Å². The maximum absolute atomic E-state index is 13.3. The Bertz CT molecular complexity index is 1440. The number of benzene rings is 3. The minimum absolute atomic E-state index is 0.106. The molecule has 0 amide bonds. The molecular formula is C29H26O10. The van der Waals surface area contributed by atoms with Crippen LogP contribution in [0.3, 0.4) is 0 Å². The summed E-state index contributed by atoms with van der Waals surface area (Å²) in [6.07, 6.45) is -0.420. The molecule has 1 unspecified atom stereocenters. The number of aliphatic carboxylic acids is 1. The summed E-state index contributed by atoms with van der Waals surface area (Å²) in [6.45, 7) is -0.460. The van der Waals surface area contributed by atoms with E-state index in [-0.39, 0.29) is 24.7 Å². The summed E-state index contributed by atoms with van der Waals surface area (Å²) in [7, 11) is 4.49. The number of hydrogen-bond donors (Lipinski definition) is 1. The molecule has 10 heteroatoms. The maximum Gasteiger partial charge on any atom is 0.341 e. The minimum atomic E-state index is -1.14. The molecule has 2 heterocycles. The zero-order valence-electron chi connectivity index (χ0n) is 21.5. The monoisotopic (exact) mass is 534 g/mol. The van der Waals surface area contributed by atoms with E-state index in [0.29, 0.717) is 45.3 Å². The third kappa shape index (κ3) is 5.13. The van der Waals surface area contributed by atoms with Gasteiger partial charge in [-0.1, -0.05) is 18.2 Å². The number of carbonyl (C=O) groups is 2. The van der Waals surface area contributed by atoms with Gasteiger partial charge >= 0.3 is 11.9 Å². The molecular weight excluding hydrogens is 508 g/mol. The number of fused-ring (bicyclic) bond motifs is 1. The minimum Gasteiger partial charge on any atom is -0.497 e. The summed E-state index contributed by atoms with van der Waals surface area (Å²) in [5.41, 5.74) is 3.17. The second kappa shape index (κ2) is 10.9. The highest BCUT2D eigenvalue weighted by atomic mass is 16.7. The normalized spacial score (nSPS) is 15.7. The van der Waals surface area contributed by atoms with Crippen molar-refractivity contribution in [1.29, 1.82) is 0 Å². The Hall–Kier alpha value is -4.86. The molecule has 3 aromatic carbocycles. The lowest BCUT2D eigenvalue weighted by Crippen LogP contribution is -2.11. The third-order valence-electron chi connectivity index (χ3n) is 6.40. The van der Waals surface area contributed by atoms with Gasteiger partial charge in [-0.25, -0.2) is 9.59 Å². The van der Waals surface area contributed by atoms with Gasteiger partial charge in [0.15, 0.2) is 29.6 Å². The van der Waals surface area contributed by atoms with Crippen LogP contribution in [-0.2, 0) is 20.7 Å². The van der Waals surface area contributed by atoms with Gasteiger partial charge < -0.3 is 38.3 Å². The van der Waals surface area contributed by atoms with E-state index in [1.165, 1.54) is 14.2 Å². The van der Waals surface area contributed by atoms with E-state index in [1.54, 1.807) is 49.6 Å². The summed E-state index contributed by atoms with van der Waals surface area (Å²) >= 11 is 0. The van der Waals surface area contributed by atoms with Crippen LogP contribution < -0.4 is 28.4 Å². The quantitative estimate of drug-likeness (QED) is 0.379.